The molecule has 3 atom stereocenters. The van der Waals surface area contributed by atoms with E-state index in [1.165, 1.54) is 37.9 Å². The monoisotopic (exact) mass is 234 g/mol. The Labute approximate surface area is 100 Å². The first kappa shape index (κ1) is 11.0. The fraction of sp³-hybridized carbons (Fsp3) is 0.583. The van der Waals surface area contributed by atoms with Crippen LogP contribution in [0.3, 0.4) is 0 Å². The van der Waals surface area contributed by atoms with Gasteiger partial charge in [0.15, 0.2) is 0 Å². The summed E-state index contributed by atoms with van der Waals surface area (Å²) in [5.41, 5.74) is 0.128. The summed E-state index contributed by atoms with van der Waals surface area (Å²) in [5, 5.41) is 23.4. The number of hydrogen-bond acceptors (Lipinski definition) is 4. The van der Waals surface area contributed by atoms with Gasteiger partial charge in [0.25, 0.3) is 0 Å². The van der Waals surface area contributed by atoms with E-state index < -0.39 is 5.23 Å². The van der Waals surface area contributed by atoms with Crippen LogP contribution >= 0.6 is 0 Å². The molecule has 92 valence electrons. The lowest BCUT2D eigenvalue weighted by molar-refractivity contribution is -0.715. The lowest BCUT2D eigenvalue weighted by Gasteiger charge is -2.25. The Balaban J connectivity index is 1.65. The second kappa shape index (κ2) is 4.25. The van der Waals surface area contributed by atoms with E-state index in [-0.39, 0.29) is 5.69 Å². The molecule has 0 saturated heterocycles. The highest BCUT2D eigenvalue weighted by Crippen LogP contribution is 2.45. The van der Waals surface area contributed by atoms with Crippen LogP contribution in [0.15, 0.2) is 18.3 Å². The predicted octanol–water partition coefficient (Wildman–Crippen LogP) is 1.19. The molecule has 0 amide bonds. The molecule has 0 radical (unpaired) electrons. The highest BCUT2D eigenvalue weighted by Gasteiger charge is 2.39. The summed E-state index contributed by atoms with van der Waals surface area (Å²) in [6, 6.07) is 3.78. The molecule has 5 heteroatoms. The van der Waals surface area contributed by atoms with Crippen molar-refractivity contribution in [3.05, 3.63) is 28.7 Å². The topological polar surface area (TPSA) is 75.5 Å². The zero-order chi connectivity index (χ0) is 11.8. The summed E-state index contributed by atoms with van der Waals surface area (Å²) < 4.78 is 0. The summed E-state index contributed by atoms with van der Waals surface area (Å²) in [5.74, 6) is 2.44. The lowest BCUT2D eigenvalue weighted by atomic mass is 9.95. The first-order valence-corrected chi connectivity index (χ1v) is 6.16. The zero-order valence-corrected chi connectivity index (χ0v) is 9.56. The van der Waals surface area contributed by atoms with Crippen molar-refractivity contribution in [2.24, 2.45) is 11.8 Å². The van der Waals surface area contributed by atoms with Crippen LogP contribution in [0.4, 0.5) is 11.5 Å². The summed E-state index contributed by atoms with van der Waals surface area (Å²) >= 11 is 0. The normalized spacial score (nSPS) is 31.1. The van der Waals surface area contributed by atoms with Crippen LogP contribution < -0.4 is 10.5 Å². The van der Waals surface area contributed by atoms with Gasteiger partial charge in [-0.1, -0.05) is 6.42 Å². The van der Waals surface area contributed by atoms with E-state index in [2.05, 4.69) is 10.3 Å². The van der Waals surface area contributed by atoms with Gasteiger partial charge in [0, 0.05) is 12.1 Å². The van der Waals surface area contributed by atoms with Crippen molar-refractivity contribution in [3.63, 3.8) is 0 Å². The molecule has 5 nitrogen and oxygen atoms in total. The maximum Gasteiger partial charge on any atom is 0.149 e. The van der Waals surface area contributed by atoms with Gasteiger partial charge in [-0.15, -0.1) is 0 Å². The zero-order valence-electron chi connectivity index (χ0n) is 9.56. The van der Waals surface area contributed by atoms with E-state index in [0.29, 0.717) is 6.04 Å². The van der Waals surface area contributed by atoms with Gasteiger partial charge in [-0.2, -0.15) is 0 Å². The number of rotatable bonds is 3. The van der Waals surface area contributed by atoms with Crippen LogP contribution in [0.25, 0.3) is 0 Å². The van der Waals surface area contributed by atoms with Crippen molar-refractivity contribution in [1.82, 2.24) is 4.98 Å². The van der Waals surface area contributed by atoms with Gasteiger partial charge < -0.3 is 21.0 Å². The third kappa shape index (κ3) is 2.13. The molecule has 2 bridgehead atoms. The Morgan fingerprint density at radius 3 is 2.65 bits per heavy atom. The van der Waals surface area contributed by atoms with Gasteiger partial charge in [0.05, 0.1) is 6.20 Å². The van der Waals surface area contributed by atoms with E-state index in [9.17, 15) is 10.4 Å². The van der Waals surface area contributed by atoms with Gasteiger partial charge in [0.2, 0.25) is 0 Å². The van der Waals surface area contributed by atoms with E-state index in [1.54, 1.807) is 6.07 Å². The number of aromatic nitrogens is 1. The molecule has 3 unspecified atom stereocenters. The molecule has 0 aromatic carbocycles. The van der Waals surface area contributed by atoms with E-state index in [1.807, 2.05) is 0 Å². The third-order valence-electron chi connectivity index (χ3n) is 4.07. The molecule has 17 heavy (non-hydrogen) atoms. The minimum Gasteiger partial charge on any atom is -0.628 e. The average molecular weight is 234 g/mol. The summed E-state index contributed by atoms with van der Waals surface area (Å²) in [7, 11) is 0. The van der Waals surface area contributed by atoms with Crippen molar-refractivity contribution in [2.75, 3.05) is 5.32 Å². The molecular formula is C12H16N3O2-. The summed E-state index contributed by atoms with van der Waals surface area (Å²) in [6.45, 7) is 0. The van der Waals surface area contributed by atoms with Gasteiger partial charge in [-0.05, 0) is 37.2 Å². The van der Waals surface area contributed by atoms with Crippen molar-refractivity contribution >= 4 is 11.5 Å². The average Bonchev–Trinajstić information content (AvgIpc) is 2.91. The number of nitrogens with one attached hydrogen (secondary N) is 2. The number of fused-ring (bicyclic) bond motifs is 2. The number of hydrogen-bond donors (Lipinski definition) is 2. The molecule has 0 aliphatic heterocycles. The first-order valence-electron chi connectivity index (χ1n) is 6.16. The predicted molar refractivity (Wildman–Crippen MR) is 64.5 cm³/mol. The Morgan fingerprint density at radius 2 is 2.12 bits per heavy atom. The standard InChI is InChI=1S/C12H16N3O2/c16-15(17)10-3-4-12(13-7-10)14-11-6-8-1-2-9(11)5-8/h3-4,7-9,11,15H,1-2,5-6H2,(H,13,14)/q-1. The minimum atomic E-state index is -1.18. The highest BCUT2D eigenvalue weighted by molar-refractivity contribution is 5.41. The molecule has 1 aromatic rings. The second-order valence-electron chi connectivity index (χ2n) is 5.15. The number of pyridine rings is 1. The SMILES string of the molecule is [O-][NH+]([O-])c1ccc(NC2CC3CCC2C3)nc1. The van der Waals surface area contributed by atoms with E-state index in [0.717, 1.165) is 17.7 Å². The largest absolute Gasteiger partial charge is 0.628 e. The Morgan fingerprint density at radius 1 is 1.24 bits per heavy atom. The molecular weight excluding hydrogens is 218 g/mol. The molecule has 2 saturated carbocycles. The Bertz CT molecular complexity index is 393. The van der Waals surface area contributed by atoms with Crippen LogP contribution in [0.2, 0.25) is 0 Å². The van der Waals surface area contributed by atoms with Crippen molar-refractivity contribution in [2.45, 2.75) is 31.7 Å². The molecule has 2 fully saturated rings. The molecule has 2 aliphatic rings. The Hall–Kier alpha value is -1.17. The maximum atomic E-state index is 10.6. The number of nitrogens with zero attached hydrogens (tertiary/aromatic N) is 1. The molecule has 3 rings (SSSR count). The van der Waals surface area contributed by atoms with Gasteiger partial charge in [-0.3, -0.25) is 0 Å². The highest BCUT2D eigenvalue weighted by atomic mass is 16.8. The van der Waals surface area contributed by atoms with Crippen molar-refractivity contribution < 1.29 is 5.23 Å². The van der Waals surface area contributed by atoms with Crippen LogP contribution in [-0.4, -0.2) is 11.0 Å². The number of quaternary nitrogens is 1. The fourth-order valence-corrected chi connectivity index (χ4v) is 3.21. The fourth-order valence-electron chi connectivity index (χ4n) is 3.21. The van der Waals surface area contributed by atoms with Gasteiger partial charge in [0.1, 0.15) is 11.5 Å². The van der Waals surface area contributed by atoms with Crippen molar-refractivity contribution in [3.8, 4) is 0 Å². The summed E-state index contributed by atoms with van der Waals surface area (Å²) in [6.07, 6.45) is 6.62. The van der Waals surface area contributed by atoms with Crippen LogP contribution in [0, 0.1) is 22.3 Å². The second-order valence-corrected chi connectivity index (χ2v) is 5.15. The van der Waals surface area contributed by atoms with E-state index >= 15 is 0 Å². The molecule has 0 spiro atoms. The lowest BCUT2D eigenvalue weighted by Crippen LogP contribution is -2.96. The molecule has 2 aliphatic carbocycles. The maximum absolute atomic E-state index is 10.6. The summed E-state index contributed by atoms with van der Waals surface area (Å²) in [4.78, 5) is 4.12. The van der Waals surface area contributed by atoms with Gasteiger partial charge >= 0.3 is 0 Å². The van der Waals surface area contributed by atoms with E-state index in [4.69, 9.17) is 0 Å². The smallest absolute Gasteiger partial charge is 0.149 e. The number of anilines is 1. The minimum absolute atomic E-state index is 0.128. The Kier molecular flexibility index (Phi) is 2.74. The van der Waals surface area contributed by atoms with Crippen LogP contribution in [-0.2, 0) is 0 Å². The van der Waals surface area contributed by atoms with Gasteiger partial charge in [-0.25, -0.2) is 4.98 Å². The quantitative estimate of drug-likeness (QED) is 0.770. The molecule has 2 N–H and O–H groups in total. The molecule has 1 aromatic heterocycles. The first-order chi connectivity index (χ1) is 8.22. The van der Waals surface area contributed by atoms with Crippen molar-refractivity contribution in [1.29, 1.82) is 0 Å². The molecule has 1 heterocycles. The third-order valence-corrected chi connectivity index (χ3v) is 4.07. The van der Waals surface area contributed by atoms with Crippen LogP contribution in [0.1, 0.15) is 25.7 Å². The van der Waals surface area contributed by atoms with Crippen LogP contribution in [0.5, 0.6) is 0 Å².